The van der Waals surface area contributed by atoms with Crippen molar-refractivity contribution in [3.63, 3.8) is 0 Å². The summed E-state index contributed by atoms with van der Waals surface area (Å²) in [5.74, 6) is 0.301. The fourth-order valence-electron chi connectivity index (χ4n) is 4.12. The van der Waals surface area contributed by atoms with Crippen molar-refractivity contribution in [1.29, 1.82) is 0 Å². The molecule has 0 saturated carbocycles. The van der Waals surface area contributed by atoms with Crippen LogP contribution in [0.1, 0.15) is 17.2 Å². The lowest BCUT2D eigenvalue weighted by molar-refractivity contribution is -0.00894. The first-order chi connectivity index (χ1) is 16.0. The molecular weight excluding hydrogens is 459 g/mol. The van der Waals surface area contributed by atoms with E-state index in [-0.39, 0.29) is 12.7 Å². The molecule has 0 aromatic heterocycles. The molecule has 7 heteroatoms. The second kappa shape index (κ2) is 11.2. The van der Waals surface area contributed by atoms with Crippen molar-refractivity contribution in [1.82, 2.24) is 4.90 Å². The molecule has 1 aliphatic rings. The molecule has 1 aliphatic heterocycles. The summed E-state index contributed by atoms with van der Waals surface area (Å²) in [5, 5.41) is 22.1. The third kappa shape index (κ3) is 6.40. The van der Waals surface area contributed by atoms with Crippen LogP contribution in [0.15, 0.2) is 72.8 Å². The molecule has 1 heterocycles. The van der Waals surface area contributed by atoms with Gasteiger partial charge in [-0.15, -0.1) is 0 Å². The molecule has 1 fully saturated rings. The van der Waals surface area contributed by atoms with E-state index in [2.05, 4.69) is 9.80 Å². The summed E-state index contributed by atoms with van der Waals surface area (Å²) in [6.07, 6.45) is -0.948. The van der Waals surface area contributed by atoms with Crippen LogP contribution in [0.5, 0.6) is 5.75 Å². The second-order valence-corrected chi connectivity index (χ2v) is 9.12. The Bertz CT molecular complexity index is 977. The van der Waals surface area contributed by atoms with Crippen molar-refractivity contribution < 1.29 is 14.9 Å². The SMILES string of the molecule is Oc1ccccc1N1CCN(CC(O)COC(c2ccc(Cl)cc2)c2ccc(Cl)cc2)CC1. The molecule has 5 nitrogen and oxygen atoms in total. The van der Waals surface area contributed by atoms with Gasteiger partial charge in [-0.3, -0.25) is 4.90 Å². The van der Waals surface area contributed by atoms with Crippen LogP contribution in [0.3, 0.4) is 0 Å². The fraction of sp³-hybridized carbons (Fsp3) is 0.308. The number of benzene rings is 3. The first-order valence-corrected chi connectivity index (χ1v) is 11.8. The molecule has 0 bridgehead atoms. The minimum Gasteiger partial charge on any atom is -0.506 e. The van der Waals surface area contributed by atoms with Crippen LogP contribution in [0.4, 0.5) is 5.69 Å². The number of anilines is 1. The highest BCUT2D eigenvalue weighted by Crippen LogP contribution is 2.29. The number of halogens is 2. The number of piperazine rings is 1. The highest BCUT2D eigenvalue weighted by molar-refractivity contribution is 6.30. The van der Waals surface area contributed by atoms with E-state index >= 15 is 0 Å². The Labute approximate surface area is 204 Å². The molecule has 0 spiro atoms. The molecule has 1 saturated heterocycles. The first-order valence-electron chi connectivity index (χ1n) is 11.1. The molecule has 0 radical (unpaired) electrons. The number of β-amino-alcohol motifs (C(OH)–C–C–N with tert-alkyl or cyclic N) is 1. The van der Waals surface area contributed by atoms with Gasteiger partial charge in [-0.2, -0.15) is 0 Å². The van der Waals surface area contributed by atoms with Crippen molar-refractivity contribution in [3.8, 4) is 5.75 Å². The van der Waals surface area contributed by atoms with Crippen molar-refractivity contribution in [3.05, 3.63) is 94.0 Å². The maximum Gasteiger partial charge on any atom is 0.138 e. The van der Waals surface area contributed by atoms with Crippen LogP contribution in [0.2, 0.25) is 10.0 Å². The van der Waals surface area contributed by atoms with Crippen molar-refractivity contribution in [2.24, 2.45) is 0 Å². The lowest BCUT2D eigenvalue weighted by Gasteiger charge is -2.37. The number of aliphatic hydroxyl groups is 1. The van der Waals surface area contributed by atoms with Crippen molar-refractivity contribution >= 4 is 28.9 Å². The minimum atomic E-state index is -0.622. The number of aliphatic hydroxyl groups excluding tert-OH is 1. The quantitative estimate of drug-likeness (QED) is 0.469. The number of aromatic hydroxyl groups is 1. The lowest BCUT2D eigenvalue weighted by atomic mass is 10.0. The maximum atomic E-state index is 10.7. The molecule has 1 unspecified atom stereocenters. The summed E-state index contributed by atoms with van der Waals surface area (Å²) in [5.41, 5.74) is 2.78. The van der Waals surface area contributed by atoms with Gasteiger partial charge in [-0.25, -0.2) is 0 Å². The number of nitrogens with zero attached hydrogens (tertiary/aromatic N) is 2. The average Bonchev–Trinajstić information content (AvgIpc) is 2.82. The molecule has 33 heavy (non-hydrogen) atoms. The predicted molar refractivity (Wildman–Crippen MR) is 133 cm³/mol. The Morgan fingerprint density at radius 2 is 1.33 bits per heavy atom. The standard InChI is InChI=1S/C26H28Cl2N2O3/c27-21-9-5-19(6-10-21)26(20-7-11-22(28)12-8-20)33-18-23(31)17-29-13-15-30(16-14-29)24-3-1-2-4-25(24)32/h1-12,23,26,31-32H,13-18H2. The molecule has 1 atom stereocenters. The highest BCUT2D eigenvalue weighted by Gasteiger charge is 2.22. The van der Waals surface area contributed by atoms with Crippen LogP contribution in [0.25, 0.3) is 0 Å². The van der Waals surface area contributed by atoms with Gasteiger partial charge in [0.15, 0.2) is 0 Å². The van der Waals surface area contributed by atoms with E-state index in [1.54, 1.807) is 6.07 Å². The third-order valence-electron chi connectivity index (χ3n) is 5.86. The monoisotopic (exact) mass is 486 g/mol. The van der Waals surface area contributed by atoms with Gasteiger partial charge in [0, 0.05) is 42.8 Å². The fourth-order valence-corrected chi connectivity index (χ4v) is 4.37. The van der Waals surface area contributed by atoms with E-state index in [9.17, 15) is 10.2 Å². The summed E-state index contributed by atoms with van der Waals surface area (Å²) in [7, 11) is 0. The first kappa shape index (κ1) is 23.9. The van der Waals surface area contributed by atoms with Gasteiger partial charge in [-0.05, 0) is 47.5 Å². The van der Waals surface area contributed by atoms with Gasteiger partial charge in [0.05, 0.1) is 18.4 Å². The van der Waals surface area contributed by atoms with Gasteiger partial charge < -0.3 is 19.8 Å². The van der Waals surface area contributed by atoms with Gasteiger partial charge in [-0.1, -0.05) is 59.6 Å². The Morgan fingerprint density at radius 1 is 0.788 bits per heavy atom. The van der Waals surface area contributed by atoms with Crippen molar-refractivity contribution in [2.75, 3.05) is 44.2 Å². The number of phenolic OH excluding ortho intramolecular Hbond substituents is 1. The van der Waals surface area contributed by atoms with E-state index < -0.39 is 6.10 Å². The van der Waals surface area contributed by atoms with E-state index in [0.29, 0.717) is 22.3 Å². The number of hydrogen-bond acceptors (Lipinski definition) is 5. The Kier molecular flexibility index (Phi) is 8.12. The molecule has 4 rings (SSSR count). The van der Waals surface area contributed by atoms with Crippen LogP contribution in [0, 0.1) is 0 Å². The van der Waals surface area contributed by atoms with E-state index in [1.807, 2.05) is 66.7 Å². The topological polar surface area (TPSA) is 56.2 Å². The second-order valence-electron chi connectivity index (χ2n) is 8.25. The summed E-state index contributed by atoms with van der Waals surface area (Å²) < 4.78 is 6.20. The van der Waals surface area contributed by atoms with Crippen LogP contribution >= 0.6 is 23.2 Å². The van der Waals surface area contributed by atoms with E-state index in [4.69, 9.17) is 27.9 Å². The van der Waals surface area contributed by atoms with Gasteiger partial charge in [0.25, 0.3) is 0 Å². The predicted octanol–water partition coefficient (Wildman–Crippen LogP) is 4.99. The van der Waals surface area contributed by atoms with Crippen LogP contribution in [-0.4, -0.2) is 60.5 Å². The van der Waals surface area contributed by atoms with Gasteiger partial charge in [0.1, 0.15) is 11.9 Å². The lowest BCUT2D eigenvalue weighted by Crippen LogP contribution is -2.49. The van der Waals surface area contributed by atoms with Gasteiger partial charge in [0.2, 0.25) is 0 Å². The molecule has 174 valence electrons. The number of phenols is 1. The molecule has 3 aromatic carbocycles. The van der Waals surface area contributed by atoms with E-state index in [1.165, 1.54) is 0 Å². The molecule has 2 N–H and O–H groups in total. The minimum absolute atomic E-state index is 0.204. The number of hydrogen-bond donors (Lipinski definition) is 2. The molecule has 0 amide bonds. The summed E-state index contributed by atoms with van der Waals surface area (Å²) >= 11 is 12.1. The van der Waals surface area contributed by atoms with Crippen molar-refractivity contribution in [2.45, 2.75) is 12.2 Å². The third-order valence-corrected chi connectivity index (χ3v) is 6.37. The molecular formula is C26H28Cl2N2O3. The van der Waals surface area contributed by atoms with Gasteiger partial charge >= 0.3 is 0 Å². The van der Waals surface area contributed by atoms with Crippen LogP contribution < -0.4 is 4.90 Å². The van der Waals surface area contributed by atoms with Crippen LogP contribution in [-0.2, 0) is 4.74 Å². The zero-order chi connectivity index (χ0) is 23.2. The van der Waals surface area contributed by atoms with E-state index in [0.717, 1.165) is 43.0 Å². The summed E-state index contributed by atoms with van der Waals surface area (Å²) in [6, 6.07) is 22.5. The summed E-state index contributed by atoms with van der Waals surface area (Å²) in [4.78, 5) is 4.40. The maximum absolute atomic E-state index is 10.7. The normalized spacial score (nSPS) is 15.7. The number of rotatable bonds is 8. The number of ether oxygens (including phenoxy) is 1. The smallest absolute Gasteiger partial charge is 0.138 e. The largest absolute Gasteiger partial charge is 0.506 e. The summed E-state index contributed by atoms with van der Waals surface area (Å²) in [6.45, 7) is 3.94. The zero-order valence-electron chi connectivity index (χ0n) is 18.3. The zero-order valence-corrected chi connectivity index (χ0v) is 19.8. The Hall–Kier alpha value is -2.28. The molecule has 3 aromatic rings. The Morgan fingerprint density at radius 3 is 1.88 bits per heavy atom. The Balaban J connectivity index is 1.33. The highest BCUT2D eigenvalue weighted by atomic mass is 35.5. The molecule has 0 aliphatic carbocycles. The number of para-hydroxylation sites is 2. The average molecular weight is 487 g/mol.